The number of rotatable bonds is 5. The Morgan fingerprint density at radius 1 is 1.48 bits per heavy atom. The van der Waals surface area contributed by atoms with Crippen molar-refractivity contribution >= 4 is 27.5 Å². The van der Waals surface area contributed by atoms with Crippen LogP contribution in [0.1, 0.15) is 17.0 Å². The molecular weight excluding hydrogens is 371 g/mol. The van der Waals surface area contributed by atoms with Crippen LogP contribution < -0.4 is 5.32 Å². The summed E-state index contributed by atoms with van der Waals surface area (Å²) in [5.41, 5.74) is 1.08. The average molecular weight is 385 g/mol. The summed E-state index contributed by atoms with van der Waals surface area (Å²) in [5, 5.41) is 17.6. The Bertz CT molecular complexity index is 776. The van der Waals surface area contributed by atoms with Crippen molar-refractivity contribution in [1.29, 1.82) is 0 Å². The van der Waals surface area contributed by atoms with Gasteiger partial charge in [-0.3, -0.25) is 19.6 Å². The highest BCUT2D eigenvalue weighted by atomic mass is 79.9. The van der Waals surface area contributed by atoms with Crippen LogP contribution in [0.5, 0.6) is 0 Å². The first-order chi connectivity index (χ1) is 10.8. The Hall–Kier alpha value is -2.29. The number of amides is 1. The molecule has 1 heterocycles. The topological polar surface area (TPSA) is 90.1 Å². The minimum atomic E-state index is -0.518. The fourth-order valence-corrected chi connectivity index (χ4v) is 2.56. The van der Waals surface area contributed by atoms with Crippen molar-refractivity contribution in [3.05, 3.63) is 55.6 Å². The van der Waals surface area contributed by atoms with E-state index in [0.717, 1.165) is 0 Å². The van der Waals surface area contributed by atoms with Crippen molar-refractivity contribution in [1.82, 2.24) is 15.1 Å². The standard InChI is InChI=1S/C14H14BrFN4O3/c1-8-14(20(22)23)9(2)19(18-8)7-13(21)17-6-10-5-11(16)3-4-12(10)15/h3-5H,6-7H2,1-2H3,(H,17,21). The van der Waals surface area contributed by atoms with Crippen LogP contribution in [0, 0.1) is 29.8 Å². The highest BCUT2D eigenvalue weighted by Gasteiger charge is 2.22. The van der Waals surface area contributed by atoms with E-state index in [1.807, 2.05) is 0 Å². The van der Waals surface area contributed by atoms with Crippen molar-refractivity contribution in [2.24, 2.45) is 0 Å². The van der Waals surface area contributed by atoms with Gasteiger partial charge in [0, 0.05) is 11.0 Å². The van der Waals surface area contributed by atoms with E-state index in [-0.39, 0.29) is 30.4 Å². The third kappa shape index (κ3) is 3.92. The number of carbonyl (C=O) groups excluding carboxylic acids is 1. The van der Waals surface area contributed by atoms with Crippen LogP contribution in [-0.4, -0.2) is 20.6 Å². The van der Waals surface area contributed by atoms with Gasteiger partial charge < -0.3 is 5.32 Å². The second-order valence-corrected chi connectivity index (χ2v) is 5.80. The summed E-state index contributed by atoms with van der Waals surface area (Å²) in [4.78, 5) is 22.4. The molecule has 9 heteroatoms. The molecule has 1 aromatic carbocycles. The largest absolute Gasteiger partial charge is 0.350 e. The fraction of sp³-hybridized carbons (Fsp3) is 0.286. The maximum Gasteiger partial charge on any atom is 0.312 e. The predicted molar refractivity (Wildman–Crippen MR) is 84.3 cm³/mol. The smallest absolute Gasteiger partial charge is 0.312 e. The molecule has 2 rings (SSSR count). The van der Waals surface area contributed by atoms with Crippen LogP contribution in [0.15, 0.2) is 22.7 Å². The highest BCUT2D eigenvalue weighted by Crippen LogP contribution is 2.21. The third-order valence-corrected chi connectivity index (χ3v) is 4.08. The lowest BCUT2D eigenvalue weighted by Crippen LogP contribution is -2.28. The molecule has 2 aromatic rings. The molecule has 23 heavy (non-hydrogen) atoms. The quantitative estimate of drug-likeness (QED) is 0.633. The lowest BCUT2D eigenvalue weighted by Gasteiger charge is -2.08. The first-order valence-corrected chi connectivity index (χ1v) is 7.48. The number of nitrogens with one attached hydrogen (secondary N) is 1. The molecule has 0 bridgehead atoms. The van der Waals surface area contributed by atoms with Gasteiger partial charge in [0.05, 0.1) is 4.92 Å². The van der Waals surface area contributed by atoms with Gasteiger partial charge in [0.15, 0.2) is 0 Å². The highest BCUT2D eigenvalue weighted by molar-refractivity contribution is 9.10. The van der Waals surface area contributed by atoms with E-state index >= 15 is 0 Å². The number of halogens is 2. The van der Waals surface area contributed by atoms with E-state index in [0.29, 0.717) is 15.7 Å². The van der Waals surface area contributed by atoms with Crippen LogP contribution in [-0.2, 0) is 17.9 Å². The number of aryl methyl sites for hydroxylation is 1. The van der Waals surface area contributed by atoms with Gasteiger partial charge in [0.25, 0.3) is 0 Å². The number of nitro groups is 1. The van der Waals surface area contributed by atoms with Crippen LogP contribution >= 0.6 is 15.9 Å². The Labute approximate surface area is 139 Å². The molecule has 0 saturated carbocycles. The summed E-state index contributed by atoms with van der Waals surface area (Å²) in [6.45, 7) is 3.05. The van der Waals surface area contributed by atoms with Gasteiger partial charge in [-0.25, -0.2) is 4.39 Å². The summed E-state index contributed by atoms with van der Waals surface area (Å²) >= 11 is 3.28. The number of aromatic nitrogens is 2. The zero-order chi connectivity index (χ0) is 17.1. The van der Waals surface area contributed by atoms with Gasteiger partial charge in [-0.05, 0) is 37.6 Å². The molecule has 0 aliphatic carbocycles. The second kappa shape index (κ2) is 6.86. The van der Waals surface area contributed by atoms with E-state index in [2.05, 4.69) is 26.3 Å². The van der Waals surface area contributed by atoms with E-state index in [4.69, 9.17) is 0 Å². The van der Waals surface area contributed by atoms with Gasteiger partial charge in [0.2, 0.25) is 5.91 Å². The molecule has 1 amide bonds. The normalized spacial score (nSPS) is 10.6. The van der Waals surface area contributed by atoms with E-state index in [1.54, 1.807) is 6.07 Å². The summed E-state index contributed by atoms with van der Waals surface area (Å²) in [6, 6.07) is 4.18. The fourth-order valence-electron chi connectivity index (χ4n) is 2.17. The predicted octanol–water partition coefficient (Wildman–Crippen LogP) is 2.63. The Kier molecular flexibility index (Phi) is 5.09. The molecule has 1 N–H and O–H groups in total. The maximum absolute atomic E-state index is 13.2. The molecule has 7 nitrogen and oxygen atoms in total. The van der Waals surface area contributed by atoms with E-state index in [9.17, 15) is 19.3 Å². The number of nitrogens with zero attached hydrogens (tertiary/aromatic N) is 3. The lowest BCUT2D eigenvalue weighted by atomic mass is 10.2. The molecule has 122 valence electrons. The molecular formula is C14H14BrFN4O3. The second-order valence-electron chi connectivity index (χ2n) is 4.95. The van der Waals surface area contributed by atoms with Crippen LogP contribution in [0.25, 0.3) is 0 Å². The summed E-state index contributed by atoms with van der Waals surface area (Å²) in [5.74, 6) is -0.770. The Balaban J connectivity index is 2.04. The summed E-state index contributed by atoms with van der Waals surface area (Å²) < 4.78 is 15.1. The van der Waals surface area contributed by atoms with Gasteiger partial charge >= 0.3 is 5.69 Å². The zero-order valence-corrected chi connectivity index (χ0v) is 14.1. The van der Waals surface area contributed by atoms with Crippen molar-refractivity contribution in [3.8, 4) is 0 Å². The third-order valence-electron chi connectivity index (χ3n) is 3.30. The summed E-state index contributed by atoms with van der Waals surface area (Å²) in [7, 11) is 0. The van der Waals surface area contributed by atoms with Crippen LogP contribution in [0.2, 0.25) is 0 Å². The Morgan fingerprint density at radius 2 is 2.17 bits per heavy atom. The minimum absolute atomic E-state index is 0.0920. The number of carbonyl (C=O) groups is 1. The molecule has 0 radical (unpaired) electrons. The van der Waals surface area contributed by atoms with Crippen molar-refractivity contribution < 1.29 is 14.1 Å². The average Bonchev–Trinajstić information content (AvgIpc) is 2.74. The van der Waals surface area contributed by atoms with Gasteiger partial charge in [-0.1, -0.05) is 15.9 Å². The van der Waals surface area contributed by atoms with Crippen molar-refractivity contribution in [3.63, 3.8) is 0 Å². The Morgan fingerprint density at radius 3 is 2.78 bits per heavy atom. The van der Waals surface area contributed by atoms with Crippen molar-refractivity contribution in [2.45, 2.75) is 26.9 Å². The van der Waals surface area contributed by atoms with E-state index < -0.39 is 10.7 Å². The first-order valence-electron chi connectivity index (χ1n) is 6.68. The molecule has 0 fully saturated rings. The van der Waals surface area contributed by atoms with Gasteiger partial charge in [-0.2, -0.15) is 5.10 Å². The SMILES string of the molecule is Cc1nn(CC(=O)NCc2cc(F)ccc2Br)c(C)c1[N+](=O)[O-]. The molecule has 0 aliphatic heterocycles. The van der Waals surface area contributed by atoms with Crippen LogP contribution in [0.3, 0.4) is 0 Å². The molecule has 0 saturated heterocycles. The zero-order valence-electron chi connectivity index (χ0n) is 12.5. The van der Waals surface area contributed by atoms with Crippen LogP contribution in [0.4, 0.5) is 10.1 Å². The molecule has 0 spiro atoms. The number of benzene rings is 1. The molecule has 0 atom stereocenters. The molecule has 0 aliphatic rings. The minimum Gasteiger partial charge on any atom is -0.350 e. The van der Waals surface area contributed by atoms with E-state index in [1.165, 1.54) is 30.7 Å². The lowest BCUT2D eigenvalue weighted by molar-refractivity contribution is -0.386. The first kappa shape index (κ1) is 17.1. The number of hydrogen-bond donors (Lipinski definition) is 1. The number of hydrogen-bond acceptors (Lipinski definition) is 4. The van der Waals surface area contributed by atoms with Gasteiger partial charge in [0.1, 0.15) is 23.7 Å². The monoisotopic (exact) mass is 384 g/mol. The molecule has 1 aromatic heterocycles. The van der Waals surface area contributed by atoms with Crippen molar-refractivity contribution in [2.75, 3.05) is 0 Å². The molecule has 0 unspecified atom stereocenters. The summed E-state index contributed by atoms with van der Waals surface area (Å²) in [6.07, 6.45) is 0. The van der Waals surface area contributed by atoms with Gasteiger partial charge in [-0.15, -0.1) is 0 Å². The maximum atomic E-state index is 13.2.